The molecule has 0 atom stereocenters. The lowest BCUT2D eigenvalue weighted by molar-refractivity contribution is -0.125. The van der Waals surface area contributed by atoms with Gasteiger partial charge in [-0.25, -0.2) is 0 Å². The first-order chi connectivity index (χ1) is 14.4. The second-order valence-corrected chi connectivity index (χ2v) is 7.07. The maximum atomic E-state index is 12.3. The number of rotatable bonds is 10. The van der Waals surface area contributed by atoms with Crippen molar-refractivity contribution in [2.45, 2.75) is 26.7 Å². The second-order valence-electron chi connectivity index (χ2n) is 7.07. The van der Waals surface area contributed by atoms with Crippen LogP contribution in [-0.4, -0.2) is 49.3 Å². The number of hydrogen-bond acceptors (Lipinski definition) is 4. The van der Waals surface area contributed by atoms with Gasteiger partial charge in [0.25, 0.3) is 0 Å². The minimum absolute atomic E-state index is 0.0155. The Morgan fingerprint density at radius 3 is 1.73 bits per heavy atom. The van der Waals surface area contributed by atoms with Gasteiger partial charge in [-0.05, 0) is 43.1 Å². The molecule has 2 rings (SSSR count). The zero-order valence-electron chi connectivity index (χ0n) is 17.8. The van der Waals surface area contributed by atoms with Crippen LogP contribution in [0.3, 0.4) is 0 Å². The van der Waals surface area contributed by atoms with Gasteiger partial charge < -0.3 is 16.0 Å². The highest BCUT2D eigenvalue weighted by molar-refractivity contribution is 5.96. The minimum atomic E-state index is -0.321. The fourth-order valence-corrected chi connectivity index (χ4v) is 3.07. The van der Waals surface area contributed by atoms with Gasteiger partial charge in [0.2, 0.25) is 17.7 Å². The van der Waals surface area contributed by atoms with Crippen molar-refractivity contribution in [3.63, 3.8) is 0 Å². The largest absolute Gasteiger partial charge is 0.346 e. The Morgan fingerprint density at radius 1 is 0.733 bits per heavy atom. The molecule has 0 aliphatic rings. The molecule has 160 valence electrons. The van der Waals surface area contributed by atoms with Crippen molar-refractivity contribution in [2.24, 2.45) is 0 Å². The number of carbonyl (C=O) groups is 3. The number of amides is 3. The smallest absolute Gasteiger partial charge is 0.243 e. The van der Waals surface area contributed by atoms with E-state index in [0.29, 0.717) is 0 Å². The van der Waals surface area contributed by atoms with Crippen molar-refractivity contribution >= 4 is 29.1 Å². The summed E-state index contributed by atoms with van der Waals surface area (Å²) in [5.41, 5.74) is 3.63. The second kappa shape index (κ2) is 11.7. The van der Waals surface area contributed by atoms with Gasteiger partial charge in [0, 0.05) is 11.4 Å². The first-order valence-corrected chi connectivity index (χ1v) is 10.1. The van der Waals surface area contributed by atoms with Crippen molar-refractivity contribution in [3.05, 3.63) is 59.7 Å². The van der Waals surface area contributed by atoms with Crippen molar-refractivity contribution in [1.82, 2.24) is 10.2 Å². The third kappa shape index (κ3) is 7.33. The first-order valence-electron chi connectivity index (χ1n) is 10.1. The zero-order valence-corrected chi connectivity index (χ0v) is 17.8. The highest BCUT2D eigenvalue weighted by Crippen LogP contribution is 2.16. The van der Waals surface area contributed by atoms with Crippen LogP contribution in [0.2, 0.25) is 0 Å². The predicted molar refractivity (Wildman–Crippen MR) is 119 cm³/mol. The van der Waals surface area contributed by atoms with Crippen LogP contribution >= 0.6 is 0 Å². The summed E-state index contributed by atoms with van der Waals surface area (Å²) in [6, 6.07) is 15.2. The number of benzene rings is 2. The number of nitrogens with zero attached hydrogens (tertiary/aromatic N) is 1. The average molecular weight is 411 g/mol. The summed E-state index contributed by atoms with van der Waals surface area (Å²) in [6.07, 6.45) is 1.62. The van der Waals surface area contributed by atoms with E-state index in [1.54, 1.807) is 11.9 Å². The fourth-order valence-electron chi connectivity index (χ4n) is 3.07. The van der Waals surface area contributed by atoms with Gasteiger partial charge in [0.15, 0.2) is 0 Å². The molecule has 0 bridgehead atoms. The molecular formula is C23H30N4O3. The van der Waals surface area contributed by atoms with Crippen LogP contribution in [0.5, 0.6) is 0 Å². The van der Waals surface area contributed by atoms with Gasteiger partial charge in [-0.15, -0.1) is 0 Å². The lowest BCUT2D eigenvalue weighted by Crippen LogP contribution is -2.41. The first kappa shape index (κ1) is 23.1. The van der Waals surface area contributed by atoms with Crippen LogP contribution in [0.25, 0.3) is 0 Å². The van der Waals surface area contributed by atoms with Crippen molar-refractivity contribution in [2.75, 3.05) is 37.3 Å². The normalized spacial score (nSPS) is 10.5. The maximum Gasteiger partial charge on any atom is 0.243 e. The van der Waals surface area contributed by atoms with Crippen molar-refractivity contribution in [3.8, 4) is 0 Å². The number of likely N-dealkylation sites (N-methyl/N-ethyl adjacent to an activating group) is 1. The van der Waals surface area contributed by atoms with E-state index in [1.807, 2.05) is 62.4 Å². The van der Waals surface area contributed by atoms with Crippen LogP contribution in [0.4, 0.5) is 11.4 Å². The molecule has 0 spiro atoms. The molecule has 7 nitrogen and oxygen atoms in total. The van der Waals surface area contributed by atoms with E-state index in [-0.39, 0.29) is 37.4 Å². The SMILES string of the molecule is CCc1ccccc1NC(=O)CNC(=O)CN(C)CC(=O)Nc1ccccc1CC. The van der Waals surface area contributed by atoms with Gasteiger partial charge in [-0.3, -0.25) is 19.3 Å². The molecule has 0 radical (unpaired) electrons. The average Bonchev–Trinajstić information content (AvgIpc) is 2.72. The Balaban J connectivity index is 1.74. The molecule has 0 aromatic heterocycles. The van der Waals surface area contributed by atoms with Crippen LogP contribution in [0.15, 0.2) is 48.5 Å². The van der Waals surface area contributed by atoms with Gasteiger partial charge in [-0.2, -0.15) is 0 Å². The molecular weight excluding hydrogens is 380 g/mol. The van der Waals surface area contributed by atoms with Gasteiger partial charge in [0.05, 0.1) is 19.6 Å². The molecule has 7 heteroatoms. The van der Waals surface area contributed by atoms with E-state index in [2.05, 4.69) is 16.0 Å². The minimum Gasteiger partial charge on any atom is -0.346 e. The highest BCUT2D eigenvalue weighted by atomic mass is 16.2. The van der Waals surface area contributed by atoms with E-state index in [0.717, 1.165) is 35.3 Å². The van der Waals surface area contributed by atoms with Gasteiger partial charge in [0.1, 0.15) is 0 Å². The quantitative estimate of drug-likeness (QED) is 0.561. The molecule has 0 saturated carbocycles. The summed E-state index contributed by atoms with van der Waals surface area (Å²) < 4.78 is 0. The maximum absolute atomic E-state index is 12.3. The number of carbonyl (C=O) groups excluding carboxylic acids is 3. The summed E-state index contributed by atoms with van der Waals surface area (Å²) >= 11 is 0. The summed E-state index contributed by atoms with van der Waals surface area (Å²) in [7, 11) is 1.68. The van der Waals surface area contributed by atoms with Gasteiger partial charge in [-0.1, -0.05) is 50.2 Å². The molecule has 2 aromatic carbocycles. The van der Waals surface area contributed by atoms with Gasteiger partial charge >= 0.3 is 0 Å². The van der Waals surface area contributed by atoms with Crippen LogP contribution in [-0.2, 0) is 27.2 Å². The van der Waals surface area contributed by atoms with E-state index < -0.39 is 0 Å². The van der Waals surface area contributed by atoms with Crippen molar-refractivity contribution < 1.29 is 14.4 Å². The Bertz CT molecular complexity index is 882. The summed E-state index contributed by atoms with van der Waals surface area (Å²) in [4.78, 5) is 38.1. The van der Waals surface area contributed by atoms with Crippen LogP contribution in [0.1, 0.15) is 25.0 Å². The Morgan fingerprint density at radius 2 is 1.20 bits per heavy atom. The third-order valence-electron chi connectivity index (χ3n) is 4.62. The molecule has 0 fully saturated rings. The molecule has 0 aliphatic carbocycles. The number of anilines is 2. The molecule has 3 N–H and O–H groups in total. The number of nitrogens with one attached hydrogen (secondary N) is 3. The molecule has 0 aliphatic heterocycles. The monoisotopic (exact) mass is 410 g/mol. The number of aryl methyl sites for hydroxylation is 2. The third-order valence-corrected chi connectivity index (χ3v) is 4.62. The lowest BCUT2D eigenvalue weighted by atomic mass is 10.1. The Kier molecular flexibility index (Phi) is 9.03. The van der Waals surface area contributed by atoms with E-state index in [4.69, 9.17) is 0 Å². The lowest BCUT2D eigenvalue weighted by Gasteiger charge is -2.17. The molecule has 0 saturated heterocycles. The molecule has 2 aromatic rings. The Labute approximate surface area is 177 Å². The molecule has 0 heterocycles. The number of para-hydroxylation sites is 2. The summed E-state index contributed by atoms with van der Waals surface area (Å²) in [5.74, 6) is -0.806. The van der Waals surface area contributed by atoms with E-state index in [1.165, 1.54) is 0 Å². The zero-order chi connectivity index (χ0) is 21.9. The molecule has 30 heavy (non-hydrogen) atoms. The van der Waals surface area contributed by atoms with Crippen molar-refractivity contribution in [1.29, 1.82) is 0 Å². The fraction of sp³-hybridized carbons (Fsp3) is 0.348. The van der Waals surface area contributed by atoms with E-state index >= 15 is 0 Å². The van der Waals surface area contributed by atoms with Crippen LogP contribution in [0, 0.1) is 0 Å². The van der Waals surface area contributed by atoms with E-state index in [9.17, 15) is 14.4 Å². The standard InChI is InChI=1S/C23H30N4O3/c1-4-17-10-6-8-12-19(17)25-21(28)14-24-22(29)15-27(3)16-23(30)26-20-13-9-7-11-18(20)5-2/h6-13H,4-5,14-16H2,1-3H3,(H,24,29)(H,25,28)(H,26,30). The molecule has 0 unspecified atom stereocenters. The topological polar surface area (TPSA) is 90.5 Å². The predicted octanol–water partition coefficient (Wildman–Crippen LogP) is 2.44. The number of hydrogen-bond donors (Lipinski definition) is 3. The highest BCUT2D eigenvalue weighted by Gasteiger charge is 2.13. The van der Waals surface area contributed by atoms with Crippen LogP contribution < -0.4 is 16.0 Å². The molecule has 3 amide bonds. The Hall–Kier alpha value is -3.19. The summed E-state index contributed by atoms with van der Waals surface area (Å²) in [5, 5.41) is 8.27. The summed E-state index contributed by atoms with van der Waals surface area (Å²) in [6.45, 7) is 4.00.